The van der Waals surface area contributed by atoms with Crippen LogP contribution < -0.4 is 4.74 Å². The number of aryl methyl sites for hydroxylation is 1. The summed E-state index contributed by atoms with van der Waals surface area (Å²) in [6.07, 6.45) is 0.0931. The molecule has 5 heteroatoms. The fraction of sp³-hybridized carbons (Fsp3) is 0.231. The van der Waals surface area contributed by atoms with E-state index in [0.717, 1.165) is 5.69 Å². The topological polar surface area (TPSA) is 39.2 Å². The van der Waals surface area contributed by atoms with Crippen LogP contribution in [0.5, 0.6) is 5.75 Å². The fourth-order valence-electron chi connectivity index (χ4n) is 1.65. The number of hydrogen-bond acceptors (Lipinski definition) is 4. The van der Waals surface area contributed by atoms with Gasteiger partial charge in [0.15, 0.2) is 5.78 Å². The SMILES string of the molecule is COc1cccc(F)c1C(=O)Cc1nc(C)cs1. The molecule has 0 amide bonds. The Labute approximate surface area is 108 Å². The molecule has 0 aliphatic heterocycles. The third kappa shape index (κ3) is 2.56. The molecule has 0 spiro atoms. The second-order valence-corrected chi connectivity index (χ2v) is 4.74. The zero-order valence-electron chi connectivity index (χ0n) is 10.1. The first-order valence-electron chi connectivity index (χ1n) is 5.38. The predicted octanol–water partition coefficient (Wildman–Crippen LogP) is 3.02. The van der Waals surface area contributed by atoms with Gasteiger partial charge in [0, 0.05) is 11.1 Å². The second-order valence-electron chi connectivity index (χ2n) is 3.80. The van der Waals surface area contributed by atoms with Gasteiger partial charge in [0.05, 0.1) is 19.1 Å². The molecule has 0 saturated heterocycles. The molecule has 0 atom stereocenters. The molecule has 1 aromatic heterocycles. The van der Waals surface area contributed by atoms with Crippen LogP contribution in [0.2, 0.25) is 0 Å². The van der Waals surface area contributed by atoms with Crippen LogP contribution in [0.4, 0.5) is 4.39 Å². The third-order valence-corrected chi connectivity index (χ3v) is 3.42. The molecule has 2 rings (SSSR count). The molecule has 0 N–H and O–H groups in total. The summed E-state index contributed by atoms with van der Waals surface area (Å²) in [6.45, 7) is 1.86. The van der Waals surface area contributed by atoms with E-state index in [-0.39, 0.29) is 23.5 Å². The number of hydrogen-bond donors (Lipinski definition) is 0. The lowest BCUT2D eigenvalue weighted by Gasteiger charge is -2.07. The molecule has 1 heterocycles. The highest BCUT2D eigenvalue weighted by atomic mass is 32.1. The van der Waals surface area contributed by atoms with Crippen molar-refractivity contribution in [2.45, 2.75) is 13.3 Å². The molecular weight excluding hydrogens is 253 g/mol. The zero-order valence-corrected chi connectivity index (χ0v) is 10.9. The van der Waals surface area contributed by atoms with E-state index in [1.807, 2.05) is 12.3 Å². The summed E-state index contributed by atoms with van der Waals surface area (Å²) in [5.74, 6) is -0.625. The van der Waals surface area contributed by atoms with Crippen molar-refractivity contribution < 1.29 is 13.9 Å². The van der Waals surface area contributed by atoms with Crippen molar-refractivity contribution in [1.29, 1.82) is 0 Å². The molecule has 0 aliphatic carbocycles. The lowest BCUT2D eigenvalue weighted by molar-refractivity contribution is 0.0986. The average Bonchev–Trinajstić information content (AvgIpc) is 2.74. The van der Waals surface area contributed by atoms with E-state index in [1.165, 1.54) is 30.6 Å². The normalized spacial score (nSPS) is 10.4. The van der Waals surface area contributed by atoms with Crippen LogP contribution >= 0.6 is 11.3 Å². The maximum atomic E-state index is 13.7. The Morgan fingerprint density at radius 2 is 2.28 bits per heavy atom. The molecule has 0 fully saturated rings. The van der Waals surface area contributed by atoms with Crippen LogP contribution in [0.3, 0.4) is 0 Å². The monoisotopic (exact) mass is 265 g/mol. The van der Waals surface area contributed by atoms with E-state index in [9.17, 15) is 9.18 Å². The van der Waals surface area contributed by atoms with E-state index in [2.05, 4.69) is 4.98 Å². The number of carbonyl (C=O) groups is 1. The molecule has 0 radical (unpaired) electrons. The predicted molar refractivity (Wildman–Crippen MR) is 67.8 cm³/mol. The smallest absolute Gasteiger partial charge is 0.176 e. The number of Topliss-reactive ketones (excluding diaryl/α,β-unsaturated/α-hetero) is 1. The van der Waals surface area contributed by atoms with Crippen LogP contribution in [-0.2, 0) is 6.42 Å². The first-order valence-corrected chi connectivity index (χ1v) is 6.26. The quantitative estimate of drug-likeness (QED) is 0.798. The van der Waals surface area contributed by atoms with E-state index in [4.69, 9.17) is 4.74 Å². The van der Waals surface area contributed by atoms with E-state index < -0.39 is 5.82 Å². The highest BCUT2D eigenvalue weighted by Crippen LogP contribution is 2.23. The lowest BCUT2D eigenvalue weighted by atomic mass is 10.1. The fourth-order valence-corrected chi connectivity index (χ4v) is 2.43. The van der Waals surface area contributed by atoms with Crippen LogP contribution in [0, 0.1) is 12.7 Å². The Morgan fingerprint density at radius 3 is 2.89 bits per heavy atom. The number of aromatic nitrogens is 1. The number of halogens is 1. The number of rotatable bonds is 4. The van der Waals surface area contributed by atoms with Crippen molar-refractivity contribution in [1.82, 2.24) is 4.98 Å². The number of thiazole rings is 1. The maximum Gasteiger partial charge on any atom is 0.176 e. The maximum absolute atomic E-state index is 13.7. The average molecular weight is 265 g/mol. The second kappa shape index (κ2) is 5.27. The van der Waals surface area contributed by atoms with Gasteiger partial charge in [0.1, 0.15) is 16.6 Å². The molecule has 0 saturated carbocycles. The van der Waals surface area contributed by atoms with Crippen LogP contribution in [0.1, 0.15) is 21.1 Å². The molecule has 3 nitrogen and oxygen atoms in total. The Hall–Kier alpha value is -1.75. The van der Waals surface area contributed by atoms with Crippen LogP contribution in [0.25, 0.3) is 0 Å². The van der Waals surface area contributed by atoms with Crippen molar-refractivity contribution in [2.24, 2.45) is 0 Å². The minimum atomic E-state index is -0.562. The summed E-state index contributed by atoms with van der Waals surface area (Å²) in [6, 6.07) is 4.34. The molecule has 2 aromatic rings. The highest BCUT2D eigenvalue weighted by Gasteiger charge is 2.18. The van der Waals surface area contributed by atoms with Gasteiger partial charge in [-0.2, -0.15) is 0 Å². The Bertz CT molecular complexity index is 580. The molecule has 94 valence electrons. The van der Waals surface area contributed by atoms with Crippen molar-refractivity contribution >= 4 is 17.1 Å². The van der Waals surface area contributed by atoms with E-state index in [1.54, 1.807) is 6.07 Å². The number of benzene rings is 1. The van der Waals surface area contributed by atoms with Gasteiger partial charge in [-0.1, -0.05) is 6.07 Å². The van der Waals surface area contributed by atoms with Gasteiger partial charge in [-0.15, -0.1) is 11.3 Å². The number of carbonyl (C=O) groups excluding carboxylic acids is 1. The molecule has 18 heavy (non-hydrogen) atoms. The summed E-state index contributed by atoms with van der Waals surface area (Å²) in [5, 5.41) is 2.55. The molecule has 0 bridgehead atoms. The first-order chi connectivity index (χ1) is 8.61. The van der Waals surface area contributed by atoms with E-state index in [0.29, 0.717) is 5.01 Å². The van der Waals surface area contributed by atoms with Gasteiger partial charge in [0.25, 0.3) is 0 Å². The van der Waals surface area contributed by atoms with Gasteiger partial charge in [-0.25, -0.2) is 9.37 Å². The Kier molecular flexibility index (Phi) is 3.72. The summed E-state index contributed by atoms with van der Waals surface area (Å²) >= 11 is 1.40. The summed E-state index contributed by atoms with van der Waals surface area (Å²) in [5.41, 5.74) is 0.858. The van der Waals surface area contributed by atoms with Crippen LogP contribution in [0.15, 0.2) is 23.6 Å². The first kappa shape index (κ1) is 12.7. The molecule has 0 aliphatic rings. The van der Waals surface area contributed by atoms with Gasteiger partial charge in [0.2, 0.25) is 0 Å². The lowest BCUT2D eigenvalue weighted by Crippen LogP contribution is -2.08. The van der Waals surface area contributed by atoms with Crippen molar-refractivity contribution in [2.75, 3.05) is 7.11 Å². The highest BCUT2D eigenvalue weighted by molar-refractivity contribution is 7.09. The molecule has 1 aromatic carbocycles. The van der Waals surface area contributed by atoms with Gasteiger partial charge in [-0.3, -0.25) is 4.79 Å². The Morgan fingerprint density at radius 1 is 1.50 bits per heavy atom. The number of ketones is 1. The number of methoxy groups -OCH3 is 1. The largest absolute Gasteiger partial charge is 0.496 e. The van der Waals surface area contributed by atoms with Gasteiger partial charge < -0.3 is 4.74 Å². The molecular formula is C13H12FNO2S. The number of nitrogens with zero attached hydrogens (tertiary/aromatic N) is 1. The zero-order chi connectivity index (χ0) is 13.1. The minimum absolute atomic E-state index is 0.00662. The van der Waals surface area contributed by atoms with Crippen molar-refractivity contribution in [3.8, 4) is 5.75 Å². The van der Waals surface area contributed by atoms with E-state index >= 15 is 0 Å². The number of ether oxygens (including phenoxy) is 1. The Balaban J connectivity index is 2.28. The van der Waals surface area contributed by atoms with Gasteiger partial charge >= 0.3 is 0 Å². The summed E-state index contributed by atoms with van der Waals surface area (Å²) in [4.78, 5) is 16.3. The standard InChI is InChI=1S/C13H12FNO2S/c1-8-7-18-12(15-8)6-10(16)13-9(14)4-3-5-11(13)17-2/h3-5,7H,6H2,1-2H3. The summed E-state index contributed by atoms with van der Waals surface area (Å²) < 4.78 is 18.7. The van der Waals surface area contributed by atoms with Gasteiger partial charge in [-0.05, 0) is 19.1 Å². The van der Waals surface area contributed by atoms with Crippen molar-refractivity contribution in [3.63, 3.8) is 0 Å². The minimum Gasteiger partial charge on any atom is -0.496 e. The van der Waals surface area contributed by atoms with Crippen LogP contribution in [-0.4, -0.2) is 17.9 Å². The third-order valence-electron chi connectivity index (χ3n) is 2.45. The van der Waals surface area contributed by atoms with Crippen molar-refractivity contribution in [3.05, 3.63) is 45.7 Å². The summed E-state index contributed by atoms with van der Waals surface area (Å²) in [7, 11) is 1.42. The molecule has 0 unspecified atom stereocenters.